The minimum absolute atomic E-state index is 0.117. The average molecular weight is 393 g/mol. The van der Waals surface area contributed by atoms with Gasteiger partial charge in [-0.25, -0.2) is 14.5 Å². The Morgan fingerprint density at radius 3 is 3.17 bits per heavy atom. The molecule has 3 heterocycles. The number of ether oxygens (including phenoxy) is 1. The van der Waals surface area contributed by atoms with Gasteiger partial charge in [0.15, 0.2) is 10.6 Å². The Balaban J connectivity index is 1.80. The average Bonchev–Trinajstić information content (AvgIpc) is 3.09. The molecule has 24 heavy (non-hydrogen) atoms. The number of anilines is 1. The summed E-state index contributed by atoms with van der Waals surface area (Å²) in [6.07, 6.45) is -0.0999. The van der Waals surface area contributed by atoms with Crippen LogP contribution in [0.15, 0.2) is 6.33 Å². The van der Waals surface area contributed by atoms with E-state index in [1.54, 1.807) is 4.57 Å². The molecule has 13 heteroatoms. The van der Waals surface area contributed by atoms with Crippen molar-refractivity contribution >= 4 is 47.5 Å². The number of nitrogens with zero attached hydrogens (tertiary/aromatic N) is 3. The van der Waals surface area contributed by atoms with Crippen molar-refractivity contribution in [2.24, 2.45) is 0 Å². The standard InChI is InChI=1S/C11H16N5O5PS2/c1-20-22(18,19)24-3-6-5(17)2-7(21-6)16-4-13-8-9(16)14-11(12)15-10(8)23/h4-7,17H,2-3H2,1H3,(H,18,19)(H3,12,14,15,23)/t5-,6+,7+/m0/s1. The molecule has 1 aliphatic rings. The third-order valence-electron chi connectivity index (χ3n) is 3.61. The van der Waals surface area contributed by atoms with Crippen molar-refractivity contribution in [3.05, 3.63) is 11.0 Å². The highest BCUT2D eigenvalue weighted by molar-refractivity contribution is 8.54. The fourth-order valence-corrected chi connectivity index (χ4v) is 4.74. The van der Waals surface area contributed by atoms with Gasteiger partial charge >= 0.3 is 6.80 Å². The Labute approximate surface area is 145 Å². The van der Waals surface area contributed by atoms with E-state index in [1.165, 1.54) is 6.33 Å². The van der Waals surface area contributed by atoms with Gasteiger partial charge in [-0.2, -0.15) is 0 Å². The number of aliphatic hydroxyl groups is 1. The maximum Gasteiger partial charge on any atom is 0.386 e. The molecule has 1 unspecified atom stereocenters. The zero-order valence-electron chi connectivity index (χ0n) is 12.5. The Bertz CT molecular complexity index is 857. The quantitative estimate of drug-likeness (QED) is 0.431. The zero-order chi connectivity index (χ0) is 17.5. The molecule has 0 spiro atoms. The van der Waals surface area contributed by atoms with Gasteiger partial charge in [-0.15, -0.1) is 0 Å². The number of nitrogens with two attached hydrogens (primary N) is 1. The van der Waals surface area contributed by atoms with Gasteiger partial charge in [0, 0.05) is 19.3 Å². The van der Waals surface area contributed by atoms with Gasteiger partial charge in [0.1, 0.15) is 17.4 Å². The van der Waals surface area contributed by atoms with Crippen molar-refractivity contribution in [2.45, 2.75) is 24.9 Å². The molecule has 0 radical (unpaired) electrons. The van der Waals surface area contributed by atoms with Crippen molar-refractivity contribution in [3.63, 3.8) is 0 Å². The number of nitrogen functional groups attached to an aromatic ring is 1. The SMILES string of the molecule is COP(=O)(O)SC[C@H]1O[C@@H](n2cnc3c(=S)nc(N)[nH]c32)C[C@@H]1O. The monoisotopic (exact) mass is 393 g/mol. The van der Waals surface area contributed by atoms with Crippen LogP contribution in [-0.2, 0) is 13.8 Å². The van der Waals surface area contributed by atoms with Crippen molar-refractivity contribution in [2.75, 3.05) is 18.6 Å². The second kappa shape index (κ2) is 6.71. The molecule has 0 aliphatic carbocycles. The number of fused-ring (bicyclic) bond motifs is 1. The fraction of sp³-hybridized carbons (Fsp3) is 0.545. The number of imidazole rings is 1. The molecule has 5 N–H and O–H groups in total. The molecule has 4 atom stereocenters. The number of aromatic nitrogens is 4. The lowest BCUT2D eigenvalue weighted by molar-refractivity contribution is -0.00364. The highest BCUT2D eigenvalue weighted by atomic mass is 32.7. The summed E-state index contributed by atoms with van der Waals surface area (Å²) in [4.78, 5) is 20.4. The fourth-order valence-electron chi connectivity index (χ4n) is 2.43. The minimum atomic E-state index is -3.72. The highest BCUT2D eigenvalue weighted by Gasteiger charge is 2.37. The van der Waals surface area contributed by atoms with Gasteiger partial charge in [-0.3, -0.25) is 4.57 Å². The van der Waals surface area contributed by atoms with Crippen molar-refractivity contribution in [1.82, 2.24) is 19.5 Å². The highest BCUT2D eigenvalue weighted by Crippen LogP contribution is 2.55. The van der Waals surface area contributed by atoms with Gasteiger partial charge < -0.3 is 30.0 Å². The maximum absolute atomic E-state index is 11.5. The van der Waals surface area contributed by atoms with Crippen LogP contribution >= 0.6 is 30.4 Å². The third-order valence-corrected chi connectivity index (χ3v) is 7.04. The third kappa shape index (κ3) is 3.49. The van der Waals surface area contributed by atoms with Crippen LogP contribution in [0.5, 0.6) is 0 Å². The molecule has 132 valence electrons. The molecule has 1 fully saturated rings. The largest absolute Gasteiger partial charge is 0.390 e. The van der Waals surface area contributed by atoms with Crippen LogP contribution in [-0.4, -0.2) is 54.6 Å². The summed E-state index contributed by atoms with van der Waals surface area (Å²) in [5.74, 6) is 0.271. The molecule has 0 aromatic carbocycles. The summed E-state index contributed by atoms with van der Waals surface area (Å²) >= 11 is 5.83. The Hall–Kier alpha value is -1.01. The van der Waals surface area contributed by atoms with Crippen molar-refractivity contribution < 1.29 is 23.8 Å². The first-order valence-corrected chi connectivity index (χ1v) is 10.5. The summed E-state index contributed by atoms with van der Waals surface area (Å²) in [7, 11) is 1.15. The first-order chi connectivity index (χ1) is 11.3. The van der Waals surface area contributed by atoms with E-state index >= 15 is 0 Å². The number of hydrogen-bond donors (Lipinski definition) is 4. The minimum Gasteiger partial charge on any atom is -0.390 e. The number of rotatable bonds is 5. The number of nitrogens with one attached hydrogen (secondary N) is 1. The van der Waals surface area contributed by atoms with E-state index in [2.05, 4.69) is 19.5 Å². The normalized spacial score (nSPS) is 26.7. The Morgan fingerprint density at radius 1 is 1.71 bits per heavy atom. The molecule has 0 saturated carbocycles. The summed E-state index contributed by atoms with van der Waals surface area (Å²) < 4.78 is 23.8. The second-order valence-corrected chi connectivity index (χ2v) is 9.59. The van der Waals surface area contributed by atoms with E-state index in [9.17, 15) is 14.6 Å². The van der Waals surface area contributed by atoms with E-state index in [0.29, 0.717) is 29.0 Å². The molecule has 3 rings (SSSR count). The van der Waals surface area contributed by atoms with Crippen LogP contribution in [0.3, 0.4) is 0 Å². The van der Waals surface area contributed by atoms with Crippen molar-refractivity contribution in [1.29, 1.82) is 0 Å². The number of aliphatic hydroxyl groups excluding tert-OH is 1. The van der Waals surface area contributed by atoms with Crippen LogP contribution in [0.4, 0.5) is 5.95 Å². The lowest BCUT2D eigenvalue weighted by Crippen LogP contribution is -2.23. The zero-order valence-corrected chi connectivity index (χ0v) is 15.1. The first kappa shape index (κ1) is 17.8. The van der Waals surface area contributed by atoms with Gasteiger partial charge in [-0.05, 0) is 11.4 Å². The van der Waals surface area contributed by atoms with E-state index in [0.717, 1.165) is 7.11 Å². The predicted molar refractivity (Wildman–Crippen MR) is 91.0 cm³/mol. The molecular weight excluding hydrogens is 377 g/mol. The summed E-state index contributed by atoms with van der Waals surface area (Å²) in [5.41, 5.74) is 6.70. The molecule has 0 bridgehead atoms. The molecule has 1 saturated heterocycles. The smallest absolute Gasteiger partial charge is 0.386 e. The van der Waals surface area contributed by atoms with E-state index in [-0.39, 0.29) is 16.3 Å². The maximum atomic E-state index is 11.5. The summed E-state index contributed by atoms with van der Waals surface area (Å²) in [6.45, 7) is -3.72. The molecule has 1 aliphatic heterocycles. The van der Waals surface area contributed by atoms with Gasteiger partial charge in [0.05, 0.1) is 18.5 Å². The van der Waals surface area contributed by atoms with Gasteiger partial charge in [0.25, 0.3) is 0 Å². The second-order valence-electron chi connectivity index (χ2n) is 5.16. The van der Waals surface area contributed by atoms with E-state index < -0.39 is 25.2 Å². The lowest BCUT2D eigenvalue weighted by atomic mass is 10.2. The van der Waals surface area contributed by atoms with E-state index in [4.69, 9.17) is 22.7 Å². The number of hydrogen-bond acceptors (Lipinski definition) is 9. The van der Waals surface area contributed by atoms with Crippen LogP contribution in [0.25, 0.3) is 11.2 Å². The molecule has 2 aromatic heterocycles. The summed E-state index contributed by atoms with van der Waals surface area (Å²) in [6, 6.07) is 0. The topological polar surface area (TPSA) is 149 Å². The molecular formula is C11H16N5O5PS2. The Morgan fingerprint density at radius 2 is 2.46 bits per heavy atom. The van der Waals surface area contributed by atoms with Crippen LogP contribution in [0.1, 0.15) is 12.6 Å². The lowest BCUT2D eigenvalue weighted by Gasteiger charge is -2.16. The predicted octanol–water partition coefficient (Wildman–Crippen LogP) is 1.20. The molecule has 2 aromatic rings. The van der Waals surface area contributed by atoms with Crippen LogP contribution < -0.4 is 5.73 Å². The van der Waals surface area contributed by atoms with Crippen LogP contribution in [0, 0.1) is 4.64 Å². The van der Waals surface area contributed by atoms with E-state index in [1.807, 2.05) is 0 Å². The van der Waals surface area contributed by atoms with Gasteiger partial charge in [0.2, 0.25) is 0 Å². The van der Waals surface area contributed by atoms with Gasteiger partial charge in [-0.1, -0.05) is 12.2 Å². The summed E-state index contributed by atoms with van der Waals surface area (Å²) in [5, 5.41) is 10.2. The molecule has 0 amide bonds. The number of aromatic amines is 1. The number of H-pyrrole nitrogens is 1. The van der Waals surface area contributed by atoms with Crippen molar-refractivity contribution in [3.8, 4) is 0 Å². The first-order valence-electron chi connectivity index (χ1n) is 6.89. The van der Waals surface area contributed by atoms with Crippen LogP contribution in [0.2, 0.25) is 0 Å². The Kier molecular flexibility index (Phi) is 4.98. The molecule has 10 nitrogen and oxygen atoms in total.